The minimum atomic E-state index is -0.206. The van der Waals surface area contributed by atoms with Gasteiger partial charge in [0, 0.05) is 16.6 Å². The van der Waals surface area contributed by atoms with Gasteiger partial charge in [0.05, 0.1) is 5.69 Å². The van der Waals surface area contributed by atoms with E-state index in [0.29, 0.717) is 18.3 Å². The zero-order chi connectivity index (χ0) is 17.9. The summed E-state index contributed by atoms with van der Waals surface area (Å²) in [5.74, 6) is 1.02. The Bertz CT molecular complexity index is 913. The molecule has 0 spiro atoms. The minimum Gasteiger partial charge on any atom is -0.337 e. The first-order valence-electron chi connectivity index (χ1n) is 8.43. The summed E-state index contributed by atoms with van der Waals surface area (Å²) < 4.78 is 6.31. The summed E-state index contributed by atoms with van der Waals surface area (Å²) in [6.07, 6.45) is 1.71. The molecule has 0 radical (unpaired) electrons. The number of halogens is 1. The van der Waals surface area contributed by atoms with E-state index >= 15 is 0 Å². The van der Waals surface area contributed by atoms with Crippen molar-refractivity contribution >= 4 is 27.6 Å². The van der Waals surface area contributed by atoms with Gasteiger partial charge in [-0.2, -0.15) is 4.98 Å². The van der Waals surface area contributed by atoms with Crippen LogP contribution in [-0.4, -0.2) is 27.6 Å². The molecule has 7 heteroatoms. The van der Waals surface area contributed by atoms with Crippen LogP contribution in [0.4, 0.5) is 10.5 Å². The first-order chi connectivity index (χ1) is 12.7. The molecule has 26 heavy (non-hydrogen) atoms. The average molecular weight is 413 g/mol. The number of anilines is 1. The van der Waals surface area contributed by atoms with Crippen molar-refractivity contribution in [3.05, 3.63) is 65.0 Å². The Kier molecular flexibility index (Phi) is 4.71. The number of carbonyl (C=O) groups is 1. The van der Waals surface area contributed by atoms with Gasteiger partial charge in [-0.05, 0) is 40.9 Å². The van der Waals surface area contributed by atoms with Gasteiger partial charge in [-0.1, -0.05) is 47.6 Å². The standard InChI is InChI=1S/C19H17BrN4O2/c20-14-9-4-5-10-15(14)21-19(25)24-12-6-11-16(24)18-22-17(23-26-18)13-7-2-1-3-8-13/h1-5,7-10,16H,6,11-12H2,(H,21,25)/t16-/m1/s1. The molecule has 0 aliphatic carbocycles. The molecule has 0 bridgehead atoms. The van der Waals surface area contributed by atoms with Crippen molar-refractivity contribution in [2.24, 2.45) is 0 Å². The molecule has 2 heterocycles. The third kappa shape index (κ3) is 3.35. The molecule has 1 fully saturated rings. The minimum absolute atomic E-state index is 0.168. The topological polar surface area (TPSA) is 71.3 Å². The monoisotopic (exact) mass is 412 g/mol. The number of nitrogens with zero attached hydrogens (tertiary/aromatic N) is 3. The highest BCUT2D eigenvalue weighted by Crippen LogP contribution is 2.33. The van der Waals surface area contributed by atoms with E-state index in [1.807, 2.05) is 54.6 Å². The number of para-hydroxylation sites is 1. The van der Waals surface area contributed by atoms with Crippen LogP contribution < -0.4 is 5.32 Å². The Morgan fingerprint density at radius 3 is 2.73 bits per heavy atom. The molecule has 1 aliphatic heterocycles. The predicted molar refractivity (Wildman–Crippen MR) is 102 cm³/mol. The van der Waals surface area contributed by atoms with Gasteiger partial charge in [0.25, 0.3) is 0 Å². The van der Waals surface area contributed by atoms with Crippen LogP contribution >= 0.6 is 15.9 Å². The van der Waals surface area contributed by atoms with Crippen molar-refractivity contribution in [1.82, 2.24) is 15.0 Å². The first kappa shape index (κ1) is 16.8. The summed E-state index contributed by atoms with van der Waals surface area (Å²) in [4.78, 5) is 19.0. The van der Waals surface area contributed by atoms with Crippen LogP contribution in [0.2, 0.25) is 0 Å². The number of carbonyl (C=O) groups excluding carboxylic acids is 1. The van der Waals surface area contributed by atoms with Crippen molar-refractivity contribution < 1.29 is 9.32 Å². The van der Waals surface area contributed by atoms with Crippen LogP contribution in [0, 0.1) is 0 Å². The second kappa shape index (κ2) is 7.29. The zero-order valence-electron chi connectivity index (χ0n) is 13.9. The number of nitrogens with one attached hydrogen (secondary N) is 1. The first-order valence-corrected chi connectivity index (χ1v) is 9.23. The number of hydrogen-bond donors (Lipinski definition) is 1. The second-order valence-corrected chi connectivity index (χ2v) is 6.94. The van der Waals surface area contributed by atoms with Crippen LogP contribution in [0.1, 0.15) is 24.8 Å². The quantitative estimate of drug-likeness (QED) is 0.665. The van der Waals surface area contributed by atoms with E-state index in [4.69, 9.17) is 4.52 Å². The molecular weight excluding hydrogens is 396 g/mol. The van der Waals surface area contributed by atoms with Crippen LogP contribution in [0.5, 0.6) is 0 Å². The maximum Gasteiger partial charge on any atom is 0.322 e. The summed E-state index contributed by atoms with van der Waals surface area (Å²) in [6.45, 7) is 0.657. The Hall–Kier alpha value is -2.67. The molecule has 2 amide bonds. The molecule has 1 N–H and O–H groups in total. The molecule has 132 valence electrons. The summed E-state index contributed by atoms with van der Waals surface area (Å²) in [7, 11) is 0. The lowest BCUT2D eigenvalue weighted by atomic mass is 10.2. The Morgan fingerprint density at radius 1 is 1.15 bits per heavy atom. The number of hydrogen-bond acceptors (Lipinski definition) is 4. The number of benzene rings is 2. The van der Waals surface area contributed by atoms with Gasteiger partial charge < -0.3 is 14.7 Å². The molecule has 3 aromatic rings. The Balaban J connectivity index is 1.53. The zero-order valence-corrected chi connectivity index (χ0v) is 15.5. The van der Waals surface area contributed by atoms with Gasteiger partial charge in [0.1, 0.15) is 6.04 Å². The molecule has 0 saturated carbocycles. The van der Waals surface area contributed by atoms with E-state index < -0.39 is 0 Å². The summed E-state index contributed by atoms with van der Waals surface area (Å²) >= 11 is 3.45. The van der Waals surface area contributed by atoms with Crippen molar-refractivity contribution in [2.75, 3.05) is 11.9 Å². The highest BCUT2D eigenvalue weighted by molar-refractivity contribution is 9.10. The van der Waals surface area contributed by atoms with Gasteiger partial charge in [0.15, 0.2) is 0 Å². The highest BCUT2D eigenvalue weighted by Gasteiger charge is 2.34. The summed E-state index contributed by atoms with van der Waals surface area (Å²) in [5.41, 5.74) is 1.63. The van der Waals surface area contributed by atoms with Crippen LogP contribution in [-0.2, 0) is 0 Å². The van der Waals surface area contributed by atoms with E-state index in [2.05, 4.69) is 31.4 Å². The lowest BCUT2D eigenvalue weighted by Crippen LogP contribution is -2.34. The fourth-order valence-electron chi connectivity index (χ4n) is 3.09. The number of rotatable bonds is 3. The lowest BCUT2D eigenvalue weighted by molar-refractivity contribution is 0.193. The van der Waals surface area contributed by atoms with Gasteiger partial charge in [-0.15, -0.1) is 0 Å². The van der Waals surface area contributed by atoms with E-state index in [9.17, 15) is 4.79 Å². The molecular formula is C19H17BrN4O2. The highest BCUT2D eigenvalue weighted by atomic mass is 79.9. The van der Waals surface area contributed by atoms with E-state index in [1.165, 1.54) is 0 Å². The molecule has 1 saturated heterocycles. The molecule has 0 unspecified atom stereocenters. The molecule has 1 aliphatic rings. The van der Waals surface area contributed by atoms with Crippen molar-refractivity contribution in [3.8, 4) is 11.4 Å². The molecule has 1 atom stereocenters. The maximum atomic E-state index is 12.7. The molecule has 6 nitrogen and oxygen atoms in total. The molecule has 4 rings (SSSR count). The fourth-order valence-corrected chi connectivity index (χ4v) is 3.48. The SMILES string of the molecule is O=C(Nc1ccccc1Br)N1CCC[C@@H]1c1nc(-c2ccccc2)no1. The van der Waals surface area contributed by atoms with Gasteiger partial charge >= 0.3 is 6.03 Å². The summed E-state index contributed by atoms with van der Waals surface area (Å²) in [5, 5.41) is 7.01. The number of likely N-dealkylation sites (tertiary alicyclic amines) is 1. The van der Waals surface area contributed by atoms with Crippen molar-refractivity contribution in [3.63, 3.8) is 0 Å². The largest absolute Gasteiger partial charge is 0.337 e. The van der Waals surface area contributed by atoms with Crippen molar-refractivity contribution in [1.29, 1.82) is 0 Å². The number of amides is 2. The van der Waals surface area contributed by atoms with E-state index in [1.54, 1.807) is 4.90 Å². The smallest absolute Gasteiger partial charge is 0.322 e. The average Bonchev–Trinajstić information content (AvgIpc) is 3.33. The number of urea groups is 1. The van der Waals surface area contributed by atoms with E-state index in [-0.39, 0.29) is 12.1 Å². The number of aromatic nitrogens is 2. The summed E-state index contributed by atoms with van der Waals surface area (Å²) in [6, 6.07) is 16.8. The fraction of sp³-hybridized carbons (Fsp3) is 0.211. The molecule has 1 aromatic heterocycles. The van der Waals surface area contributed by atoms with Crippen LogP contribution in [0.15, 0.2) is 63.6 Å². The van der Waals surface area contributed by atoms with Crippen LogP contribution in [0.3, 0.4) is 0 Å². The maximum absolute atomic E-state index is 12.7. The predicted octanol–water partition coefficient (Wildman–Crippen LogP) is 4.87. The van der Waals surface area contributed by atoms with Crippen molar-refractivity contribution in [2.45, 2.75) is 18.9 Å². The Morgan fingerprint density at radius 2 is 1.92 bits per heavy atom. The second-order valence-electron chi connectivity index (χ2n) is 6.08. The van der Waals surface area contributed by atoms with Gasteiger partial charge in [-0.3, -0.25) is 0 Å². The van der Waals surface area contributed by atoms with Gasteiger partial charge in [0.2, 0.25) is 11.7 Å². The molecule has 2 aromatic carbocycles. The third-order valence-electron chi connectivity index (χ3n) is 4.39. The lowest BCUT2D eigenvalue weighted by Gasteiger charge is -2.22. The van der Waals surface area contributed by atoms with E-state index in [0.717, 1.165) is 28.6 Å². The third-order valence-corrected chi connectivity index (χ3v) is 5.08. The van der Waals surface area contributed by atoms with Gasteiger partial charge in [-0.25, -0.2) is 4.79 Å². The van der Waals surface area contributed by atoms with Crippen LogP contribution in [0.25, 0.3) is 11.4 Å². The Labute approximate surface area is 159 Å². The normalized spacial score (nSPS) is 16.7.